The predicted molar refractivity (Wildman–Crippen MR) is 95.0 cm³/mol. The monoisotopic (exact) mass is 405 g/mol. The Hall–Kier alpha value is -2.26. The summed E-state index contributed by atoms with van der Waals surface area (Å²) in [5.41, 5.74) is 0.836. The minimum Gasteiger partial charge on any atom is -0.302 e. The summed E-state index contributed by atoms with van der Waals surface area (Å²) in [5, 5.41) is 13.1. The van der Waals surface area contributed by atoms with Crippen molar-refractivity contribution in [3.8, 4) is 0 Å². The SMILES string of the molecule is O=C(Nc1nccs1)C1CC(=O)N(c2n[nH]c3cc(Br)ccc23)C1. The van der Waals surface area contributed by atoms with E-state index in [1.807, 2.05) is 18.2 Å². The normalized spacial score (nSPS) is 17.6. The van der Waals surface area contributed by atoms with Crippen LogP contribution in [0.5, 0.6) is 0 Å². The fourth-order valence-corrected chi connectivity index (χ4v) is 3.66. The van der Waals surface area contributed by atoms with Crippen molar-refractivity contribution in [3.63, 3.8) is 0 Å². The summed E-state index contributed by atoms with van der Waals surface area (Å²) in [7, 11) is 0. The molecule has 3 heterocycles. The van der Waals surface area contributed by atoms with Gasteiger partial charge in [0.1, 0.15) is 0 Å². The lowest BCUT2D eigenvalue weighted by Crippen LogP contribution is -2.28. The number of nitrogens with one attached hydrogen (secondary N) is 2. The second-order valence-electron chi connectivity index (χ2n) is 5.47. The average Bonchev–Trinajstić information content (AvgIpc) is 3.26. The number of hydrogen-bond acceptors (Lipinski definition) is 5. The third-order valence-corrected chi connectivity index (χ3v) is 5.10. The first kappa shape index (κ1) is 15.3. The third kappa shape index (κ3) is 2.69. The Labute approximate surface area is 149 Å². The summed E-state index contributed by atoms with van der Waals surface area (Å²) in [6.45, 7) is 0.312. The van der Waals surface area contributed by atoms with E-state index in [1.165, 1.54) is 11.3 Å². The van der Waals surface area contributed by atoms with Gasteiger partial charge in [-0.05, 0) is 18.2 Å². The van der Waals surface area contributed by atoms with E-state index >= 15 is 0 Å². The van der Waals surface area contributed by atoms with E-state index in [0.29, 0.717) is 17.5 Å². The number of nitrogens with zero attached hydrogens (tertiary/aromatic N) is 3. The first-order chi connectivity index (χ1) is 11.6. The Morgan fingerprint density at radius 3 is 3.12 bits per heavy atom. The van der Waals surface area contributed by atoms with Crippen molar-refractivity contribution >= 4 is 60.9 Å². The smallest absolute Gasteiger partial charge is 0.231 e. The van der Waals surface area contributed by atoms with Crippen molar-refractivity contribution in [2.45, 2.75) is 6.42 Å². The maximum absolute atomic E-state index is 12.4. The van der Waals surface area contributed by atoms with E-state index in [2.05, 4.69) is 36.4 Å². The van der Waals surface area contributed by atoms with Crippen molar-refractivity contribution in [2.24, 2.45) is 5.92 Å². The second-order valence-corrected chi connectivity index (χ2v) is 7.28. The van der Waals surface area contributed by atoms with Crippen LogP contribution in [0.25, 0.3) is 10.9 Å². The van der Waals surface area contributed by atoms with Crippen LogP contribution in [0.4, 0.5) is 10.9 Å². The van der Waals surface area contributed by atoms with Gasteiger partial charge in [-0.25, -0.2) is 4.98 Å². The van der Waals surface area contributed by atoms with E-state index in [4.69, 9.17) is 0 Å². The Bertz CT molecular complexity index is 923. The molecule has 9 heteroatoms. The molecular formula is C15H12BrN5O2S. The molecule has 1 atom stereocenters. The number of rotatable bonds is 3. The van der Waals surface area contributed by atoms with Crippen LogP contribution in [-0.2, 0) is 9.59 Å². The molecule has 1 aliphatic rings. The number of anilines is 2. The van der Waals surface area contributed by atoms with Crippen LogP contribution in [0, 0.1) is 5.92 Å². The molecule has 0 aliphatic carbocycles. The summed E-state index contributed by atoms with van der Waals surface area (Å²) in [5.74, 6) is -0.148. The Kier molecular flexibility index (Phi) is 3.81. The van der Waals surface area contributed by atoms with E-state index in [0.717, 1.165) is 15.4 Å². The van der Waals surface area contributed by atoms with E-state index < -0.39 is 5.92 Å². The summed E-state index contributed by atoms with van der Waals surface area (Å²) >= 11 is 4.76. The number of benzene rings is 1. The number of amides is 2. The summed E-state index contributed by atoms with van der Waals surface area (Å²) < 4.78 is 0.929. The molecular weight excluding hydrogens is 394 g/mol. The first-order valence-corrected chi connectivity index (χ1v) is 8.93. The van der Waals surface area contributed by atoms with Crippen LogP contribution in [0.1, 0.15) is 6.42 Å². The fraction of sp³-hybridized carbons (Fsp3) is 0.200. The molecule has 1 fully saturated rings. The predicted octanol–water partition coefficient (Wildman–Crippen LogP) is 2.77. The van der Waals surface area contributed by atoms with E-state index in [9.17, 15) is 9.59 Å². The number of thiazole rings is 1. The van der Waals surface area contributed by atoms with Crippen LogP contribution in [0.3, 0.4) is 0 Å². The summed E-state index contributed by atoms with van der Waals surface area (Å²) in [6.07, 6.45) is 1.79. The molecule has 3 aromatic rings. The standard InChI is InChI=1S/C15H12BrN5O2S/c16-9-1-2-10-11(6-9)19-20-13(10)21-7-8(5-12(21)22)14(23)18-15-17-3-4-24-15/h1-4,6,8H,5,7H2,(H,19,20)(H,17,18,23). The number of hydrogen-bond donors (Lipinski definition) is 2. The maximum atomic E-state index is 12.4. The van der Waals surface area contributed by atoms with Gasteiger partial charge in [0.2, 0.25) is 11.8 Å². The number of halogens is 1. The topological polar surface area (TPSA) is 91.0 Å². The zero-order chi connectivity index (χ0) is 16.7. The molecule has 2 amide bonds. The number of fused-ring (bicyclic) bond motifs is 1. The lowest BCUT2D eigenvalue weighted by Gasteiger charge is -2.13. The van der Waals surface area contributed by atoms with Gasteiger partial charge in [-0.15, -0.1) is 11.3 Å². The molecule has 2 N–H and O–H groups in total. The number of carbonyl (C=O) groups excluding carboxylic acids is 2. The van der Waals surface area contributed by atoms with Crippen LogP contribution in [0.15, 0.2) is 34.2 Å². The molecule has 0 bridgehead atoms. The largest absolute Gasteiger partial charge is 0.302 e. The molecule has 1 aromatic carbocycles. The Morgan fingerprint density at radius 1 is 1.46 bits per heavy atom. The van der Waals surface area contributed by atoms with E-state index in [1.54, 1.807) is 16.5 Å². The minimum absolute atomic E-state index is 0.106. The molecule has 24 heavy (non-hydrogen) atoms. The fourth-order valence-electron chi connectivity index (χ4n) is 2.76. The molecule has 2 aromatic heterocycles. The molecule has 7 nitrogen and oxygen atoms in total. The Balaban J connectivity index is 1.56. The highest BCUT2D eigenvalue weighted by atomic mass is 79.9. The zero-order valence-corrected chi connectivity index (χ0v) is 14.7. The van der Waals surface area contributed by atoms with Gasteiger partial charge in [-0.3, -0.25) is 19.6 Å². The molecule has 0 radical (unpaired) electrons. The lowest BCUT2D eigenvalue weighted by molar-refractivity contribution is -0.122. The Morgan fingerprint density at radius 2 is 2.33 bits per heavy atom. The van der Waals surface area contributed by atoms with Gasteiger partial charge in [0.25, 0.3) is 0 Å². The van der Waals surface area contributed by atoms with Crippen molar-refractivity contribution in [1.29, 1.82) is 0 Å². The lowest BCUT2D eigenvalue weighted by atomic mass is 10.1. The van der Waals surface area contributed by atoms with Gasteiger partial charge in [-0.1, -0.05) is 15.9 Å². The van der Waals surface area contributed by atoms with Gasteiger partial charge in [0, 0.05) is 34.4 Å². The molecule has 122 valence electrons. The highest BCUT2D eigenvalue weighted by Crippen LogP contribution is 2.31. The van der Waals surface area contributed by atoms with Gasteiger partial charge in [-0.2, -0.15) is 5.10 Å². The van der Waals surface area contributed by atoms with Crippen LogP contribution in [0.2, 0.25) is 0 Å². The molecule has 4 rings (SSSR count). The first-order valence-electron chi connectivity index (χ1n) is 7.26. The number of carbonyl (C=O) groups is 2. The van der Waals surface area contributed by atoms with E-state index in [-0.39, 0.29) is 18.2 Å². The van der Waals surface area contributed by atoms with Crippen molar-refractivity contribution < 1.29 is 9.59 Å². The number of H-pyrrole nitrogens is 1. The van der Waals surface area contributed by atoms with Crippen LogP contribution >= 0.6 is 27.3 Å². The van der Waals surface area contributed by atoms with Gasteiger partial charge in [0.05, 0.1) is 11.4 Å². The minimum atomic E-state index is -0.413. The zero-order valence-electron chi connectivity index (χ0n) is 12.3. The molecule has 0 saturated carbocycles. The van der Waals surface area contributed by atoms with Gasteiger partial charge >= 0.3 is 0 Å². The van der Waals surface area contributed by atoms with Gasteiger partial charge in [0.15, 0.2) is 10.9 Å². The highest BCUT2D eigenvalue weighted by molar-refractivity contribution is 9.10. The molecule has 1 aliphatic heterocycles. The number of aromatic nitrogens is 3. The van der Waals surface area contributed by atoms with Crippen molar-refractivity contribution in [2.75, 3.05) is 16.8 Å². The highest BCUT2D eigenvalue weighted by Gasteiger charge is 2.37. The van der Waals surface area contributed by atoms with Gasteiger partial charge < -0.3 is 5.32 Å². The maximum Gasteiger partial charge on any atom is 0.231 e. The quantitative estimate of drug-likeness (QED) is 0.700. The molecule has 1 saturated heterocycles. The second kappa shape index (κ2) is 5.99. The molecule has 1 unspecified atom stereocenters. The molecule has 0 spiro atoms. The average molecular weight is 406 g/mol. The van der Waals surface area contributed by atoms with Crippen molar-refractivity contribution in [1.82, 2.24) is 15.2 Å². The summed E-state index contributed by atoms with van der Waals surface area (Å²) in [4.78, 5) is 30.3. The van der Waals surface area contributed by atoms with Crippen molar-refractivity contribution in [3.05, 3.63) is 34.2 Å². The number of aromatic amines is 1. The summed E-state index contributed by atoms with van der Waals surface area (Å²) in [6, 6.07) is 5.70. The van der Waals surface area contributed by atoms with Crippen LogP contribution in [-0.4, -0.2) is 33.5 Å². The third-order valence-electron chi connectivity index (χ3n) is 3.92. The van der Waals surface area contributed by atoms with Crippen LogP contribution < -0.4 is 10.2 Å².